The minimum absolute atomic E-state index is 0.468. The van der Waals surface area contributed by atoms with Crippen molar-refractivity contribution in [2.45, 2.75) is 44.2 Å². The highest BCUT2D eigenvalue weighted by atomic mass is 79.9. The Morgan fingerprint density at radius 1 is 1.24 bits per heavy atom. The molecule has 0 atom stereocenters. The zero-order valence-corrected chi connectivity index (χ0v) is 11.7. The van der Waals surface area contributed by atoms with E-state index in [4.69, 9.17) is 0 Å². The summed E-state index contributed by atoms with van der Waals surface area (Å²) in [6.45, 7) is 1.53. The fourth-order valence-corrected chi connectivity index (χ4v) is 2.92. The first-order valence-electron chi connectivity index (χ1n) is 6.36. The van der Waals surface area contributed by atoms with Gasteiger partial charge in [-0.05, 0) is 30.5 Å². The molecular formula is C14H20BrNO. The molecule has 94 valence electrons. The minimum atomic E-state index is -0.468. The molecule has 0 radical (unpaired) electrons. The topological polar surface area (TPSA) is 32.3 Å². The Kier molecular flexibility index (Phi) is 4.60. The van der Waals surface area contributed by atoms with Crippen LogP contribution in [0.4, 0.5) is 0 Å². The molecule has 17 heavy (non-hydrogen) atoms. The Morgan fingerprint density at radius 2 is 2.00 bits per heavy atom. The first-order chi connectivity index (χ1) is 8.18. The van der Waals surface area contributed by atoms with Gasteiger partial charge in [0.1, 0.15) is 0 Å². The molecule has 2 N–H and O–H groups in total. The molecule has 0 heterocycles. The van der Waals surface area contributed by atoms with Gasteiger partial charge in [-0.25, -0.2) is 0 Å². The van der Waals surface area contributed by atoms with Crippen LogP contribution in [-0.4, -0.2) is 17.3 Å². The van der Waals surface area contributed by atoms with E-state index < -0.39 is 5.60 Å². The van der Waals surface area contributed by atoms with E-state index in [0.717, 1.165) is 36.7 Å². The molecule has 0 aliphatic heterocycles. The summed E-state index contributed by atoms with van der Waals surface area (Å²) in [7, 11) is 0. The fourth-order valence-electron chi connectivity index (χ4n) is 2.47. The normalized spacial score (nSPS) is 19.2. The SMILES string of the molecule is OC1(CNCc2cccc(Br)c2)CCCCC1. The second-order valence-electron chi connectivity index (χ2n) is 5.02. The van der Waals surface area contributed by atoms with E-state index in [-0.39, 0.29) is 0 Å². The summed E-state index contributed by atoms with van der Waals surface area (Å²) in [5.74, 6) is 0. The highest BCUT2D eigenvalue weighted by molar-refractivity contribution is 9.10. The van der Waals surface area contributed by atoms with Crippen molar-refractivity contribution in [2.75, 3.05) is 6.54 Å². The Balaban J connectivity index is 1.79. The smallest absolute Gasteiger partial charge is 0.0771 e. The van der Waals surface area contributed by atoms with Crippen molar-refractivity contribution in [3.63, 3.8) is 0 Å². The molecule has 0 unspecified atom stereocenters. The standard InChI is InChI=1S/C14H20BrNO/c15-13-6-4-5-12(9-13)10-16-11-14(17)7-2-1-3-8-14/h4-6,9,16-17H,1-3,7-8,10-11H2. The average Bonchev–Trinajstić information content (AvgIpc) is 2.30. The lowest BCUT2D eigenvalue weighted by Gasteiger charge is -2.32. The van der Waals surface area contributed by atoms with Gasteiger partial charge in [-0.15, -0.1) is 0 Å². The molecule has 1 aliphatic carbocycles. The van der Waals surface area contributed by atoms with Gasteiger partial charge in [0, 0.05) is 17.6 Å². The Labute approximate surface area is 112 Å². The fraction of sp³-hybridized carbons (Fsp3) is 0.571. The summed E-state index contributed by atoms with van der Waals surface area (Å²) in [6.07, 6.45) is 5.48. The van der Waals surface area contributed by atoms with E-state index in [9.17, 15) is 5.11 Å². The van der Waals surface area contributed by atoms with Crippen LogP contribution < -0.4 is 5.32 Å². The van der Waals surface area contributed by atoms with Gasteiger partial charge in [0.05, 0.1) is 5.60 Å². The van der Waals surface area contributed by atoms with Crippen molar-refractivity contribution in [3.8, 4) is 0 Å². The Hall–Kier alpha value is -0.380. The van der Waals surface area contributed by atoms with E-state index >= 15 is 0 Å². The number of benzene rings is 1. The average molecular weight is 298 g/mol. The maximum Gasteiger partial charge on any atom is 0.0771 e. The molecule has 0 saturated heterocycles. The Morgan fingerprint density at radius 3 is 2.71 bits per heavy atom. The molecule has 3 heteroatoms. The van der Waals surface area contributed by atoms with Gasteiger partial charge in [0.15, 0.2) is 0 Å². The van der Waals surface area contributed by atoms with Crippen LogP contribution in [0.25, 0.3) is 0 Å². The summed E-state index contributed by atoms with van der Waals surface area (Å²) < 4.78 is 1.10. The summed E-state index contributed by atoms with van der Waals surface area (Å²) in [5.41, 5.74) is 0.781. The lowest BCUT2D eigenvalue weighted by Crippen LogP contribution is -2.41. The quantitative estimate of drug-likeness (QED) is 0.894. The first-order valence-corrected chi connectivity index (χ1v) is 7.15. The summed E-state index contributed by atoms with van der Waals surface area (Å²) >= 11 is 3.46. The largest absolute Gasteiger partial charge is 0.389 e. The third kappa shape index (κ3) is 4.09. The van der Waals surface area contributed by atoms with Crippen LogP contribution in [0.3, 0.4) is 0 Å². The third-order valence-electron chi connectivity index (χ3n) is 3.46. The van der Waals surface area contributed by atoms with E-state index in [0.29, 0.717) is 6.54 Å². The van der Waals surface area contributed by atoms with Gasteiger partial charge in [-0.3, -0.25) is 0 Å². The zero-order valence-electron chi connectivity index (χ0n) is 10.1. The van der Waals surface area contributed by atoms with Crippen molar-refractivity contribution in [2.24, 2.45) is 0 Å². The van der Waals surface area contributed by atoms with Gasteiger partial charge >= 0.3 is 0 Å². The maximum atomic E-state index is 10.3. The molecule has 1 aromatic rings. The number of hydrogen-bond donors (Lipinski definition) is 2. The van der Waals surface area contributed by atoms with Crippen molar-refractivity contribution in [3.05, 3.63) is 34.3 Å². The van der Waals surface area contributed by atoms with Gasteiger partial charge in [-0.2, -0.15) is 0 Å². The highest BCUT2D eigenvalue weighted by Crippen LogP contribution is 2.27. The van der Waals surface area contributed by atoms with Crippen LogP contribution in [-0.2, 0) is 6.54 Å². The van der Waals surface area contributed by atoms with Crippen LogP contribution >= 0.6 is 15.9 Å². The molecule has 1 aliphatic rings. The summed E-state index contributed by atoms with van der Waals surface area (Å²) in [5, 5.41) is 13.7. The number of aliphatic hydroxyl groups is 1. The second-order valence-corrected chi connectivity index (χ2v) is 5.93. The molecule has 0 bridgehead atoms. The lowest BCUT2D eigenvalue weighted by molar-refractivity contribution is 0.00467. The molecule has 1 saturated carbocycles. The number of nitrogens with one attached hydrogen (secondary N) is 1. The van der Waals surface area contributed by atoms with Crippen molar-refractivity contribution in [1.82, 2.24) is 5.32 Å². The van der Waals surface area contributed by atoms with Crippen LogP contribution in [0.15, 0.2) is 28.7 Å². The number of rotatable bonds is 4. The van der Waals surface area contributed by atoms with Crippen LogP contribution in [0, 0.1) is 0 Å². The summed E-state index contributed by atoms with van der Waals surface area (Å²) in [6, 6.07) is 8.27. The van der Waals surface area contributed by atoms with E-state index in [1.54, 1.807) is 0 Å². The monoisotopic (exact) mass is 297 g/mol. The molecular weight excluding hydrogens is 278 g/mol. The van der Waals surface area contributed by atoms with Gasteiger partial charge in [0.25, 0.3) is 0 Å². The van der Waals surface area contributed by atoms with Crippen LogP contribution in [0.5, 0.6) is 0 Å². The highest BCUT2D eigenvalue weighted by Gasteiger charge is 2.28. The van der Waals surface area contributed by atoms with E-state index in [1.165, 1.54) is 12.0 Å². The molecule has 2 rings (SSSR count). The molecule has 0 amide bonds. The minimum Gasteiger partial charge on any atom is -0.389 e. The third-order valence-corrected chi connectivity index (χ3v) is 3.95. The van der Waals surface area contributed by atoms with Crippen molar-refractivity contribution in [1.29, 1.82) is 0 Å². The lowest BCUT2D eigenvalue weighted by atomic mass is 9.85. The number of hydrogen-bond acceptors (Lipinski definition) is 2. The predicted octanol–water partition coefficient (Wildman–Crippen LogP) is 3.23. The first kappa shape index (κ1) is 13.1. The van der Waals surface area contributed by atoms with Crippen LogP contribution in [0.2, 0.25) is 0 Å². The molecule has 2 nitrogen and oxygen atoms in total. The van der Waals surface area contributed by atoms with Crippen LogP contribution in [0.1, 0.15) is 37.7 Å². The predicted molar refractivity (Wildman–Crippen MR) is 73.9 cm³/mol. The van der Waals surface area contributed by atoms with E-state index in [2.05, 4.69) is 33.4 Å². The molecule has 0 spiro atoms. The van der Waals surface area contributed by atoms with Crippen molar-refractivity contribution < 1.29 is 5.11 Å². The second kappa shape index (κ2) is 5.98. The molecule has 0 aromatic heterocycles. The van der Waals surface area contributed by atoms with Gasteiger partial charge < -0.3 is 10.4 Å². The maximum absolute atomic E-state index is 10.3. The van der Waals surface area contributed by atoms with E-state index in [1.807, 2.05) is 12.1 Å². The zero-order chi connectivity index (χ0) is 12.1. The molecule has 1 fully saturated rings. The Bertz CT molecular complexity index is 361. The van der Waals surface area contributed by atoms with Gasteiger partial charge in [-0.1, -0.05) is 47.3 Å². The summed E-state index contributed by atoms with van der Waals surface area (Å²) in [4.78, 5) is 0. The number of halogens is 1. The van der Waals surface area contributed by atoms with Crippen molar-refractivity contribution >= 4 is 15.9 Å². The molecule has 1 aromatic carbocycles. The van der Waals surface area contributed by atoms with Gasteiger partial charge in [0.2, 0.25) is 0 Å².